The van der Waals surface area contributed by atoms with Crippen LogP contribution < -0.4 is 20.3 Å². The molecule has 7 nitrogen and oxygen atoms in total. The molecule has 0 unspecified atom stereocenters. The van der Waals surface area contributed by atoms with Crippen molar-refractivity contribution in [3.8, 4) is 17.0 Å². The molecule has 5 rings (SSSR count). The molecular formula is C26H28FN5O2. The standard InChI is InChI=1S/C26H28FN5O2/c1-15(2)16-11-22(31-10-8-17(28)13-31)30-23(12-16)32-14-19-18(26(32)33)7-9-29-25(19)24-20(27)5-4-6-21(24)34-3/h4-7,9,11-12,15,17H,8,10,13-14,28H2,1-3H3/t17-/m1/s1. The van der Waals surface area contributed by atoms with E-state index in [1.807, 2.05) is 6.07 Å². The van der Waals surface area contributed by atoms with Gasteiger partial charge in [0.05, 0.1) is 24.9 Å². The topological polar surface area (TPSA) is 84.6 Å². The number of methoxy groups -OCH3 is 1. The molecule has 8 heteroatoms. The van der Waals surface area contributed by atoms with E-state index in [-0.39, 0.29) is 30.0 Å². The molecular weight excluding hydrogens is 433 g/mol. The number of anilines is 2. The molecule has 2 aliphatic rings. The van der Waals surface area contributed by atoms with E-state index in [2.05, 4.69) is 29.8 Å². The van der Waals surface area contributed by atoms with Crippen molar-refractivity contribution in [1.82, 2.24) is 9.97 Å². The lowest BCUT2D eigenvalue weighted by molar-refractivity contribution is 0.0996. The Morgan fingerprint density at radius 2 is 2.00 bits per heavy atom. The summed E-state index contributed by atoms with van der Waals surface area (Å²) in [6, 6.07) is 10.5. The molecule has 2 N–H and O–H groups in total. The third-order valence-corrected chi connectivity index (χ3v) is 6.59. The molecule has 1 saturated heterocycles. The maximum absolute atomic E-state index is 14.9. The molecule has 0 aliphatic carbocycles. The second kappa shape index (κ2) is 8.68. The number of aromatic nitrogens is 2. The van der Waals surface area contributed by atoms with Gasteiger partial charge in [-0.25, -0.2) is 9.37 Å². The number of halogens is 1. The van der Waals surface area contributed by atoms with Crippen molar-refractivity contribution < 1.29 is 13.9 Å². The highest BCUT2D eigenvalue weighted by atomic mass is 19.1. The van der Waals surface area contributed by atoms with Gasteiger partial charge in [-0.3, -0.25) is 14.7 Å². The average molecular weight is 462 g/mol. The summed E-state index contributed by atoms with van der Waals surface area (Å²) in [5, 5.41) is 0. The summed E-state index contributed by atoms with van der Waals surface area (Å²) in [7, 11) is 1.49. The Bertz CT molecular complexity index is 1260. The van der Waals surface area contributed by atoms with Gasteiger partial charge in [-0.15, -0.1) is 0 Å². The molecule has 0 saturated carbocycles. The summed E-state index contributed by atoms with van der Waals surface area (Å²) in [4.78, 5) is 26.6. The van der Waals surface area contributed by atoms with Gasteiger partial charge in [0, 0.05) is 36.5 Å². The molecule has 2 aromatic heterocycles. The second-order valence-corrected chi connectivity index (χ2v) is 9.16. The first-order chi connectivity index (χ1) is 16.4. The third-order valence-electron chi connectivity index (χ3n) is 6.59. The fraction of sp³-hybridized carbons (Fsp3) is 0.346. The predicted molar refractivity (Wildman–Crippen MR) is 130 cm³/mol. The number of ether oxygens (including phenoxy) is 1. The summed E-state index contributed by atoms with van der Waals surface area (Å²) < 4.78 is 20.3. The molecule has 2 aliphatic heterocycles. The number of carbonyl (C=O) groups is 1. The molecule has 0 bridgehead atoms. The number of pyridine rings is 2. The lowest BCUT2D eigenvalue weighted by Crippen LogP contribution is -2.28. The zero-order chi connectivity index (χ0) is 24.0. The van der Waals surface area contributed by atoms with E-state index >= 15 is 0 Å². The van der Waals surface area contributed by atoms with Crippen LogP contribution in [0.1, 0.15) is 47.7 Å². The van der Waals surface area contributed by atoms with Crippen molar-refractivity contribution in [3.05, 3.63) is 65.1 Å². The van der Waals surface area contributed by atoms with Crippen LogP contribution in [0, 0.1) is 5.82 Å². The number of nitrogens with two attached hydrogens (primary N) is 1. The number of rotatable bonds is 5. The normalized spacial score (nSPS) is 17.6. The Hall–Kier alpha value is -3.52. The first-order valence-corrected chi connectivity index (χ1v) is 11.5. The van der Waals surface area contributed by atoms with Crippen molar-refractivity contribution in [3.63, 3.8) is 0 Å². The van der Waals surface area contributed by atoms with Gasteiger partial charge in [0.15, 0.2) is 0 Å². The van der Waals surface area contributed by atoms with Gasteiger partial charge in [0.2, 0.25) is 0 Å². The number of fused-ring (bicyclic) bond motifs is 1. The van der Waals surface area contributed by atoms with Gasteiger partial charge in [-0.2, -0.15) is 0 Å². The SMILES string of the molecule is COc1cccc(F)c1-c1nccc2c1CN(c1cc(C(C)C)cc(N3CC[C@@H](N)C3)n1)C2=O. The average Bonchev–Trinajstić information content (AvgIpc) is 3.42. The maximum Gasteiger partial charge on any atom is 0.260 e. The summed E-state index contributed by atoms with van der Waals surface area (Å²) in [5.41, 5.74) is 9.05. The summed E-state index contributed by atoms with van der Waals surface area (Å²) in [5.74, 6) is 1.42. The van der Waals surface area contributed by atoms with E-state index in [9.17, 15) is 9.18 Å². The van der Waals surface area contributed by atoms with Crippen molar-refractivity contribution in [2.24, 2.45) is 5.73 Å². The van der Waals surface area contributed by atoms with E-state index in [1.54, 1.807) is 23.1 Å². The molecule has 0 spiro atoms. The van der Waals surface area contributed by atoms with Gasteiger partial charge in [0.25, 0.3) is 5.91 Å². The Labute approximate surface area is 198 Å². The second-order valence-electron chi connectivity index (χ2n) is 9.16. The summed E-state index contributed by atoms with van der Waals surface area (Å²) in [6.45, 7) is 6.06. The van der Waals surface area contributed by atoms with Crippen LogP contribution in [0.2, 0.25) is 0 Å². The van der Waals surface area contributed by atoms with E-state index in [0.717, 1.165) is 30.9 Å². The van der Waals surface area contributed by atoms with Gasteiger partial charge >= 0.3 is 0 Å². The molecule has 0 radical (unpaired) electrons. The highest BCUT2D eigenvalue weighted by Crippen LogP contribution is 2.39. The van der Waals surface area contributed by atoms with E-state index in [0.29, 0.717) is 28.4 Å². The van der Waals surface area contributed by atoms with Crippen LogP contribution in [0.4, 0.5) is 16.0 Å². The van der Waals surface area contributed by atoms with E-state index in [1.165, 1.54) is 19.4 Å². The summed E-state index contributed by atoms with van der Waals surface area (Å²) in [6.07, 6.45) is 2.45. The molecule has 34 heavy (non-hydrogen) atoms. The number of amides is 1. The van der Waals surface area contributed by atoms with Crippen LogP contribution in [-0.4, -0.2) is 42.1 Å². The molecule has 1 aromatic carbocycles. The zero-order valence-corrected chi connectivity index (χ0v) is 19.6. The van der Waals surface area contributed by atoms with Gasteiger partial charge in [-0.1, -0.05) is 19.9 Å². The van der Waals surface area contributed by atoms with Crippen molar-refractivity contribution in [1.29, 1.82) is 0 Å². The molecule has 176 valence electrons. The number of nitrogens with zero attached hydrogens (tertiary/aromatic N) is 4. The monoisotopic (exact) mass is 461 g/mol. The lowest BCUT2D eigenvalue weighted by Gasteiger charge is -2.23. The number of hydrogen-bond donors (Lipinski definition) is 1. The Morgan fingerprint density at radius 1 is 1.21 bits per heavy atom. The highest BCUT2D eigenvalue weighted by Gasteiger charge is 2.34. The third kappa shape index (κ3) is 3.77. The minimum Gasteiger partial charge on any atom is -0.496 e. The smallest absolute Gasteiger partial charge is 0.260 e. The van der Waals surface area contributed by atoms with Gasteiger partial charge < -0.3 is 15.4 Å². The Kier molecular flexibility index (Phi) is 5.69. The van der Waals surface area contributed by atoms with Crippen LogP contribution in [0.15, 0.2) is 42.6 Å². The maximum atomic E-state index is 14.9. The highest BCUT2D eigenvalue weighted by molar-refractivity contribution is 6.10. The Morgan fingerprint density at radius 3 is 2.71 bits per heavy atom. The molecule has 3 aromatic rings. The fourth-order valence-electron chi connectivity index (χ4n) is 4.68. The zero-order valence-electron chi connectivity index (χ0n) is 19.6. The molecule has 1 atom stereocenters. The van der Waals surface area contributed by atoms with Gasteiger partial charge in [0.1, 0.15) is 23.2 Å². The van der Waals surface area contributed by atoms with Crippen LogP contribution >= 0.6 is 0 Å². The van der Waals surface area contributed by atoms with Gasteiger partial charge in [-0.05, 0) is 48.2 Å². The fourth-order valence-corrected chi connectivity index (χ4v) is 4.68. The number of benzene rings is 1. The van der Waals surface area contributed by atoms with Crippen LogP contribution in [-0.2, 0) is 6.54 Å². The number of carbonyl (C=O) groups excluding carboxylic acids is 1. The summed E-state index contributed by atoms with van der Waals surface area (Å²) >= 11 is 0. The first-order valence-electron chi connectivity index (χ1n) is 11.5. The largest absolute Gasteiger partial charge is 0.496 e. The molecule has 4 heterocycles. The first kappa shape index (κ1) is 22.3. The van der Waals surface area contributed by atoms with Crippen LogP contribution in [0.3, 0.4) is 0 Å². The van der Waals surface area contributed by atoms with Crippen LogP contribution in [0.5, 0.6) is 5.75 Å². The van der Waals surface area contributed by atoms with Crippen molar-refractivity contribution in [2.75, 3.05) is 30.0 Å². The minimum atomic E-state index is -0.446. The molecule has 1 amide bonds. The Balaban J connectivity index is 1.58. The predicted octanol–water partition coefficient (Wildman–Crippen LogP) is 4.11. The van der Waals surface area contributed by atoms with E-state index in [4.69, 9.17) is 15.5 Å². The lowest BCUT2D eigenvalue weighted by atomic mass is 10.0. The van der Waals surface area contributed by atoms with E-state index < -0.39 is 5.82 Å². The van der Waals surface area contributed by atoms with Crippen molar-refractivity contribution in [2.45, 2.75) is 38.8 Å². The quantitative estimate of drug-likeness (QED) is 0.616. The van der Waals surface area contributed by atoms with Crippen LogP contribution in [0.25, 0.3) is 11.3 Å². The number of hydrogen-bond acceptors (Lipinski definition) is 6. The molecule has 1 fully saturated rings. The minimum absolute atomic E-state index is 0.120. The van der Waals surface area contributed by atoms with Crippen molar-refractivity contribution >= 4 is 17.5 Å².